The van der Waals surface area contributed by atoms with Crippen LogP contribution in [0.2, 0.25) is 0 Å². The molecule has 2 saturated heterocycles. The van der Waals surface area contributed by atoms with Crippen molar-refractivity contribution >= 4 is 17.8 Å². The molecule has 2 aliphatic rings. The zero-order chi connectivity index (χ0) is 18.7. The van der Waals surface area contributed by atoms with Gasteiger partial charge in [-0.25, -0.2) is 4.79 Å². The first-order valence-corrected chi connectivity index (χ1v) is 8.91. The van der Waals surface area contributed by atoms with E-state index < -0.39 is 12.0 Å². The highest BCUT2D eigenvalue weighted by Crippen LogP contribution is 2.26. The van der Waals surface area contributed by atoms with Crippen molar-refractivity contribution in [3.05, 3.63) is 35.9 Å². The SMILES string of the molecule is COC1CC(C(=O)O)N(C(=O)C2CCCN(C(=O)c3ccccc3)C2)C1. The van der Waals surface area contributed by atoms with Crippen LogP contribution in [0.3, 0.4) is 0 Å². The fourth-order valence-corrected chi connectivity index (χ4v) is 3.81. The van der Waals surface area contributed by atoms with Crippen LogP contribution in [-0.2, 0) is 14.3 Å². The average Bonchev–Trinajstić information content (AvgIpc) is 3.12. The van der Waals surface area contributed by atoms with Gasteiger partial charge in [0.15, 0.2) is 0 Å². The lowest BCUT2D eigenvalue weighted by Gasteiger charge is -2.35. The van der Waals surface area contributed by atoms with Crippen LogP contribution in [0.25, 0.3) is 0 Å². The summed E-state index contributed by atoms with van der Waals surface area (Å²) < 4.78 is 5.25. The van der Waals surface area contributed by atoms with E-state index in [-0.39, 0.29) is 30.4 Å². The summed E-state index contributed by atoms with van der Waals surface area (Å²) in [6, 6.07) is 8.15. The number of carboxylic acid groups (broad SMARTS) is 1. The molecule has 140 valence electrons. The van der Waals surface area contributed by atoms with E-state index in [1.807, 2.05) is 18.2 Å². The maximum Gasteiger partial charge on any atom is 0.326 e. The van der Waals surface area contributed by atoms with E-state index in [2.05, 4.69) is 0 Å². The second kappa shape index (κ2) is 7.86. The number of piperidine rings is 1. The highest BCUT2D eigenvalue weighted by atomic mass is 16.5. The lowest BCUT2D eigenvalue weighted by Crippen LogP contribution is -2.49. The molecule has 2 fully saturated rings. The number of hydrogen-bond acceptors (Lipinski definition) is 4. The molecule has 2 heterocycles. The van der Waals surface area contributed by atoms with Gasteiger partial charge in [-0.3, -0.25) is 9.59 Å². The molecule has 0 spiro atoms. The van der Waals surface area contributed by atoms with Crippen molar-refractivity contribution in [3.8, 4) is 0 Å². The monoisotopic (exact) mass is 360 g/mol. The van der Waals surface area contributed by atoms with Gasteiger partial charge in [-0.05, 0) is 25.0 Å². The number of aliphatic carboxylic acids is 1. The quantitative estimate of drug-likeness (QED) is 0.873. The summed E-state index contributed by atoms with van der Waals surface area (Å²) in [5, 5.41) is 9.42. The van der Waals surface area contributed by atoms with Gasteiger partial charge in [0.1, 0.15) is 6.04 Å². The lowest BCUT2D eigenvalue weighted by molar-refractivity contribution is -0.150. The van der Waals surface area contributed by atoms with E-state index in [9.17, 15) is 19.5 Å². The van der Waals surface area contributed by atoms with Crippen LogP contribution in [-0.4, -0.2) is 71.6 Å². The number of benzene rings is 1. The lowest BCUT2D eigenvalue weighted by atomic mass is 9.95. The van der Waals surface area contributed by atoms with Gasteiger partial charge in [-0.1, -0.05) is 18.2 Å². The van der Waals surface area contributed by atoms with Gasteiger partial charge in [0, 0.05) is 38.7 Å². The maximum atomic E-state index is 13.0. The zero-order valence-corrected chi connectivity index (χ0v) is 14.8. The number of nitrogens with zero attached hydrogens (tertiary/aromatic N) is 2. The maximum absolute atomic E-state index is 13.0. The van der Waals surface area contributed by atoms with Crippen LogP contribution in [0.15, 0.2) is 30.3 Å². The van der Waals surface area contributed by atoms with Crippen molar-refractivity contribution in [1.29, 1.82) is 0 Å². The number of carbonyl (C=O) groups excluding carboxylic acids is 2. The Balaban J connectivity index is 1.70. The summed E-state index contributed by atoms with van der Waals surface area (Å²) in [6.07, 6.45) is 1.44. The van der Waals surface area contributed by atoms with Gasteiger partial charge in [0.05, 0.1) is 12.0 Å². The molecule has 26 heavy (non-hydrogen) atoms. The summed E-state index contributed by atoms with van der Waals surface area (Å²) >= 11 is 0. The number of rotatable bonds is 4. The fourth-order valence-electron chi connectivity index (χ4n) is 3.81. The predicted octanol–water partition coefficient (Wildman–Crippen LogP) is 1.24. The molecule has 0 aliphatic carbocycles. The highest BCUT2D eigenvalue weighted by molar-refractivity contribution is 5.95. The van der Waals surface area contributed by atoms with E-state index in [1.165, 1.54) is 12.0 Å². The minimum atomic E-state index is -1.01. The van der Waals surface area contributed by atoms with Gasteiger partial charge >= 0.3 is 5.97 Å². The summed E-state index contributed by atoms with van der Waals surface area (Å²) in [6.45, 7) is 1.23. The molecule has 3 atom stereocenters. The van der Waals surface area contributed by atoms with Crippen molar-refractivity contribution in [1.82, 2.24) is 9.80 Å². The normalized spacial score (nSPS) is 26.0. The highest BCUT2D eigenvalue weighted by Gasteiger charge is 2.42. The van der Waals surface area contributed by atoms with Crippen LogP contribution >= 0.6 is 0 Å². The molecule has 1 N–H and O–H groups in total. The van der Waals surface area contributed by atoms with Crippen LogP contribution in [0.1, 0.15) is 29.6 Å². The first kappa shape index (κ1) is 18.4. The Kier molecular flexibility index (Phi) is 5.56. The second-order valence-electron chi connectivity index (χ2n) is 6.89. The summed E-state index contributed by atoms with van der Waals surface area (Å²) in [7, 11) is 1.53. The second-order valence-corrected chi connectivity index (χ2v) is 6.89. The van der Waals surface area contributed by atoms with E-state index in [4.69, 9.17) is 4.74 Å². The van der Waals surface area contributed by atoms with Crippen molar-refractivity contribution in [2.75, 3.05) is 26.7 Å². The van der Waals surface area contributed by atoms with Gasteiger partial charge in [-0.15, -0.1) is 0 Å². The smallest absolute Gasteiger partial charge is 0.326 e. The average molecular weight is 360 g/mol. The molecule has 1 aromatic carbocycles. The predicted molar refractivity (Wildman–Crippen MR) is 93.6 cm³/mol. The summed E-state index contributed by atoms with van der Waals surface area (Å²) in [4.78, 5) is 40.2. The molecule has 2 amide bonds. The van der Waals surface area contributed by atoms with E-state index >= 15 is 0 Å². The minimum absolute atomic E-state index is 0.0888. The van der Waals surface area contributed by atoms with Crippen molar-refractivity contribution in [2.45, 2.75) is 31.4 Å². The van der Waals surface area contributed by atoms with Gasteiger partial charge in [0.25, 0.3) is 5.91 Å². The molecule has 7 heteroatoms. The Bertz CT molecular complexity index is 678. The number of carbonyl (C=O) groups is 3. The number of amides is 2. The molecule has 3 unspecified atom stereocenters. The summed E-state index contributed by atoms with van der Waals surface area (Å²) in [5.74, 6) is -1.66. The molecule has 3 rings (SSSR count). The Labute approximate surface area is 152 Å². The van der Waals surface area contributed by atoms with E-state index in [0.717, 1.165) is 6.42 Å². The number of methoxy groups -OCH3 is 1. The van der Waals surface area contributed by atoms with Crippen LogP contribution in [0.4, 0.5) is 0 Å². The Hall–Kier alpha value is -2.41. The molecule has 0 bridgehead atoms. The van der Waals surface area contributed by atoms with E-state index in [1.54, 1.807) is 17.0 Å². The summed E-state index contributed by atoms with van der Waals surface area (Å²) in [5.41, 5.74) is 0.602. The van der Waals surface area contributed by atoms with Gasteiger partial charge < -0.3 is 19.6 Å². The number of carboxylic acids is 1. The fraction of sp³-hybridized carbons (Fsp3) is 0.526. The van der Waals surface area contributed by atoms with E-state index in [0.29, 0.717) is 31.5 Å². The molecular formula is C19H24N2O5. The topological polar surface area (TPSA) is 87.2 Å². The Morgan fingerprint density at radius 2 is 1.88 bits per heavy atom. The molecule has 1 aromatic rings. The minimum Gasteiger partial charge on any atom is -0.480 e. The zero-order valence-electron chi connectivity index (χ0n) is 14.8. The van der Waals surface area contributed by atoms with Gasteiger partial charge in [-0.2, -0.15) is 0 Å². The first-order valence-electron chi connectivity index (χ1n) is 8.91. The number of ether oxygens (including phenoxy) is 1. The van der Waals surface area contributed by atoms with Gasteiger partial charge in [0.2, 0.25) is 5.91 Å². The third-order valence-corrected chi connectivity index (χ3v) is 5.24. The third kappa shape index (κ3) is 3.72. The Morgan fingerprint density at radius 3 is 2.54 bits per heavy atom. The van der Waals surface area contributed by atoms with Crippen LogP contribution in [0.5, 0.6) is 0 Å². The molecule has 0 radical (unpaired) electrons. The van der Waals surface area contributed by atoms with Crippen molar-refractivity contribution in [2.24, 2.45) is 5.92 Å². The molecule has 0 aromatic heterocycles. The molecular weight excluding hydrogens is 336 g/mol. The Morgan fingerprint density at radius 1 is 1.15 bits per heavy atom. The number of hydrogen-bond donors (Lipinski definition) is 1. The third-order valence-electron chi connectivity index (χ3n) is 5.24. The van der Waals surface area contributed by atoms with Crippen molar-refractivity contribution in [3.63, 3.8) is 0 Å². The van der Waals surface area contributed by atoms with Crippen LogP contribution < -0.4 is 0 Å². The molecule has 0 saturated carbocycles. The molecule has 2 aliphatic heterocycles. The largest absolute Gasteiger partial charge is 0.480 e. The number of likely N-dealkylation sites (tertiary alicyclic amines) is 2. The molecule has 7 nitrogen and oxygen atoms in total. The standard InChI is InChI=1S/C19H24N2O5/c1-26-15-10-16(19(24)25)21(12-15)18(23)14-8-5-9-20(11-14)17(22)13-6-3-2-4-7-13/h2-4,6-7,14-16H,5,8-12H2,1H3,(H,24,25). The van der Waals surface area contributed by atoms with Crippen LogP contribution in [0, 0.1) is 5.92 Å². The first-order chi connectivity index (χ1) is 12.5. The van der Waals surface area contributed by atoms with Crippen molar-refractivity contribution < 1.29 is 24.2 Å².